The fraction of sp³-hybridized carbons (Fsp3) is 0.643. The third-order valence-corrected chi connectivity index (χ3v) is 3.54. The van der Waals surface area contributed by atoms with Crippen molar-refractivity contribution in [1.82, 2.24) is 10.3 Å². The molecular weight excluding hydrogens is 226 g/mol. The molecule has 0 bridgehead atoms. The number of aliphatic hydroxyl groups is 1. The van der Waals surface area contributed by atoms with Crippen LogP contribution in [0.3, 0.4) is 0 Å². The molecule has 0 atom stereocenters. The minimum absolute atomic E-state index is 0.192. The second-order valence-corrected chi connectivity index (χ2v) is 4.81. The van der Waals surface area contributed by atoms with Crippen LogP contribution in [-0.2, 0) is 6.54 Å². The van der Waals surface area contributed by atoms with Gasteiger partial charge in [-0.1, -0.05) is 13.0 Å². The van der Waals surface area contributed by atoms with Crippen LogP contribution in [0.1, 0.15) is 31.7 Å². The van der Waals surface area contributed by atoms with Crippen molar-refractivity contribution in [3.63, 3.8) is 0 Å². The van der Waals surface area contributed by atoms with Gasteiger partial charge in [0.15, 0.2) is 0 Å². The molecule has 18 heavy (non-hydrogen) atoms. The van der Waals surface area contributed by atoms with Gasteiger partial charge >= 0.3 is 0 Å². The van der Waals surface area contributed by atoms with E-state index in [9.17, 15) is 0 Å². The summed E-state index contributed by atoms with van der Waals surface area (Å²) in [6.07, 6.45) is 5.67. The van der Waals surface area contributed by atoms with Crippen molar-refractivity contribution in [2.45, 2.75) is 38.8 Å². The maximum atomic E-state index is 9.16. The van der Waals surface area contributed by atoms with Gasteiger partial charge in [-0.15, -0.1) is 0 Å². The van der Waals surface area contributed by atoms with E-state index in [-0.39, 0.29) is 6.61 Å². The number of aliphatic hydroxyl groups excluding tert-OH is 1. The van der Waals surface area contributed by atoms with Crippen LogP contribution in [0.2, 0.25) is 0 Å². The molecule has 4 heteroatoms. The first-order chi connectivity index (χ1) is 8.85. The van der Waals surface area contributed by atoms with Crippen LogP contribution < -0.4 is 10.2 Å². The van der Waals surface area contributed by atoms with Crippen molar-refractivity contribution in [1.29, 1.82) is 0 Å². The lowest BCUT2D eigenvalue weighted by atomic mass is 9.91. The third-order valence-electron chi connectivity index (χ3n) is 3.54. The summed E-state index contributed by atoms with van der Waals surface area (Å²) in [7, 11) is 0. The molecule has 1 fully saturated rings. The molecular formula is C14H23N3O. The monoisotopic (exact) mass is 249 g/mol. The van der Waals surface area contributed by atoms with E-state index in [1.165, 1.54) is 24.8 Å². The minimum Gasteiger partial charge on any atom is -0.395 e. The van der Waals surface area contributed by atoms with E-state index in [4.69, 9.17) is 5.11 Å². The normalized spacial score (nSPS) is 15.4. The number of aromatic nitrogens is 1. The average molecular weight is 249 g/mol. The zero-order valence-corrected chi connectivity index (χ0v) is 11.1. The molecule has 2 N–H and O–H groups in total. The molecule has 2 rings (SSSR count). The first kappa shape index (κ1) is 13.3. The molecule has 1 heterocycles. The molecule has 0 saturated heterocycles. The predicted molar refractivity (Wildman–Crippen MR) is 73.7 cm³/mol. The van der Waals surface area contributed by atoms with Crippen molar-refractivity contribution < 1.29 is 5.11 Å². The summed E-state index contributed by atoms with van der Waals surface area (Å²) >= 11 is 0. The average Bonchev–Trinajstić information content (AvgIpc) is 2.34. The Morgan fingerprint density at radius 2 is 2.28 bits per heavy atom. The maximum Gasteiger partial charge on any atom is 0.128 e. The van der Waals surface area contributed by atoms with Crippen LogP contribution in [0.25, 0.3) is 0 Å². The van der Waals surface area contributed by atoms with E-state index < -0.39 is 0 Å². The summed E-state index contributed by atoms with van der Waals surface area (Å²) in [6, 6.07) is 4.76. The van der Waals surface area contributed by atoms with Gasteiger partial charge in [0.2, 0.25) is 0 Å². The second-order valence-electron chi connectivity index (χ2n) is 4.81. The summed E-state index contributed by atoms with van der Waals surface area (Å²) in [5.41, 5.74) is 1.21. The maximum absolute atomic E-state index is 9.16. The Balaban J connectivity index is 2.00. The van der Waals surface area contributed by atoms with Gasteiger partial charge in [0.05, 0.1) is 6.61 Å². The summed E-state index contributed by atoms with van der Waals surface area (Å²) in [6.45, 7) is 4.82. The van der Waals surface area contributed by atoms with Crippen molar-refractivity contribution in [2.24, 2.45) is 0 Å². The molecule has 1 aliphatic carbocycles. The first-order valence-corrected chi connectivity index (χ1v) is 6.88. The SMILES string of the molecule is CCNCc1ccc(N(CCO)C2CCC2)nc1. The molecule has 1 aromatic rings. The fourth-order valence-electron chi connectivity index (χ4n) is 2.25. The highest BCUT2D eigenvalue weighted by Gasteiger charge is 2.25. The van der Waals surface area contributed by atoms with Gasteiger partial charge in [0.1, 0.15) is 5.82 Å². The van der Waals surface area contributed by atoms with E-state index >= 15 is 0 Å². The van der Waals surface area contributed by atoms with E-state index in [1.54, 1.807) is 0 Å². The van der Waals surface area contributed by atoms with Gasteiger partial charge in [0, 0.05) is 25.3 Å². The summed E-state index contributed by atoms with van der Waals surface area (Å²) in [5, 5.41) is 12.4. The largest absolute Gasteiger partial charge is 0.395 e. The quantitative estimate of drug-likeness (QED) is 0.769. The van der Waals surface area contributed by atoms with E-state index in [2.05, 4.69) is 34.3 Å². The molecule has 4 nitrogen and oxygen atoms in total. The number of rotatable bonds is 7. The molecule has 1 aromatic heterocycles. The van der Waals surface area contributed by atoms with E-state index in [1.807, 2.05) is 6.20 Å². The lowest BCUT2D eigenvalue weighted by Gasteiger charge is -2.38. The number of hydrogen-bond donors (Lipinski definition) is 2. The zero-order chi connectivity index (χ0) is 12.8. The van der Waals surface area contributed by atoms with Crippen LogP contribution in [0, 0.1) is 0 Å². The molecule has 0 unspecified atom stereocenters. The third kappa shape index (κ3) is 3.21. The highest BCUT2D eigenvalue weighted by molar-refractivity contribution is 5.41. The smallest absolute Gasteiger partial charge is 0.128 e. The Kier molecular flexibility index (Phi) is 4.96. The van der Waals surface area contributed by atoms with Crippen molar-refractivity contribution in [2.75, 3.05) is 24.6 Å². The molecule has 0 amide bonds. The van der Waals surface area contributed by atoms with Gasteiger partial charge < -0.3 is 15.3 Å². The Morgan fingerprint density at radius 3 is 2.78 bits per heavy atom. The van der Waals surface area contributed by atoms with Gasteiger partial charge in [-0.05, 0) is 37.4 Å². The number of pyridine rings is 1. The summed E-state index contributed by atoms with van der Waals surface area (Å²) in [4.78, 5) is 6.76. The number of nitrogens with one attached hydrogen (secondary N) is 1. The van der Waals surface area contributed by atoms with Crippen molar-refractivity contribution in [3.05, 3.63) is 23.9 Å². The van der Waals surface area contributed by atoms with Crippen LogP contribution in [0.5, 0.6) is 0 Å². The summed E-state index contributed by atoms with van der Waals surface area (Å²) in [5.74, 6) is 0.994. The Labute approximate surface area is 109 Å². The van der Waals surface area contributed by atoms with Crippen LogP contribution in [-0.4, -0.2) is 35.8 Å². The predicted octanol–water partition coefficient (Wildman–Crippen LogP) is 1.54. The van der Waals surface area contributed by atoms with Crippen LogP contribution >= 0.6 is 0 Å². The second kappa shape index (κ2) is 6.71. The fourth-order valence-corrected chi connectivity index (χ4v) is 2.25. The number of anilines is 1. The van der Waals surface area contributed by atoms with Gasteiger partial charge in [-0.2, -0.15) is 0 Å². The molecule has 1 aliphatic rings. The number of hydrogen-bond acceptors (Lipinski definition) is 4. The lowest BCUT2D eigenvalue weighted by molar-refractivity contribution is 0.283. The molecule has 0 radical (unpaired) electrons. The highest BCUT2D eigenvalue weighted by Crippen LogP contribution is 2.28. The van der Waals surface area contributed by atoms with E-state index in [0.29, 0.717) is 12.6 Å². The van der Waals surface area contributed by atoms with Crippen LogP contribution in [0.15, 0.2) is 18.3 Å². The van der Waals surface area contributed by atoms with Crippen molar-refractivity contribution in [3.8, 4) is 0 Å². The lowest BCUT2D eigenvalue weighted by Crippen LogP contribution is -2.42. The van der Waals surface area contributed by atoms with Crippen molar-refractivity contribution >= 4 is 5.82 Å². The Bertz CT molecular complexity index is 349. The van der Waals surface area contributed by atoms with E-state index in [0.717, 1.165) is 18.9 Å². The molecule has 100 valence electrons. The molecule has 0 aromatic carbocycles. The molecule has 1 saturated carbocycles. The topological polar surface area (TPSA) is 48.4 Å². The summed E-state index contributed by atoms with van der Waals surface area (Å²) < 4.78 is 0. The number of nitrogens with zero attached hydrogens (tertiary/aromatic N) is 2. The van der Waals surface area contributed by atoms with Crippen LogP contribution in [0.4, 0.5) is 5.82 Å². The molecule has 0 spiro atoms. The Hall–Kier alpha value is -1.13. The molecule has 0 aliphatic heterocycles. The van der Waals surface area contributed by atoms with Gasteiger partial charge in [0.25, 0.3) is 0 Å². The first-order valence-electron chi connectivity index (χ1n) is 6.88. The standard InChI is InChI=1S/C14H23N3O/c1-2-15-10-12-6-7-14(16-11-12)17(8-9-18)13-4-3-5-13/h6-7,11,13,15,18H,2-5,8-10H2,1H3. The highest BCUT2D eigenvalue weighted by atomic mass is 16.3. The minimum atomic E-state index is 0.192. The van der Waals surface area contributed by atoms with Gasteiger partial charge in [-0.25, -0.2) is 4.98 Å². The zero-order valence-electron chi connectivity index (χ0n) is 11.1. The Morgan fingerprint density at radius 1 is 1.44 bits per heavy atom. The van der Waals surface area contributed by atoms with Gasteiger partial charge in [-0.3, -0.25) is 0 Å².